The van der Waals surface area contributed by atoms with E-state index in [9.17, 15) is 107 Å². The lowest BCUT2D eigenvalue weighted by Crippen LogP contribution is -2.68. The highest BCUT2D eigenvalue weighted by Crippen LogP contribution is 2.39. The molecule has 14 bridgehead atoms. The van der Waals surface area contributed by atoms with Crippen molar-refractivity contribution >= 4 is 0 Å². The van der Waals surface area contributed by atoms with Crippen LogP contribution in [0.2, 0.25) is 0 Å². The Kier molecular flexibility index (Phi) is 20.8. The first-order valence-corrected chi connectivity index (χ1v) is 24.6. The number of ether oxygens (including phenoxy) is 14. The quantitative estimate of drug-likeness (QED) is 0.113. The fraction of sp³-hybridized carbons (Fsp3) is 1.00. The van der Waals surface area contributed by atoms with Crippen LogP contribution < -0.4 is 0 Å². The Morgan fingerprint density at radius 2 is 0.260 bits per heavy atom. The van der Waals surface area contributed by atoms with Crippen molar-refractivity contribution in [2.24, 2.45) is 0 Å². The molecule has 0 aromatic heterocycles. The molecule has 0 aliphatic carbocycles. The maximum Gasteiger partial charge on any atom is 0.187 e. The van der Waals surface area contributed by atoms with Gasteiger partial charge in [-0.2, -0.15) is 0 Å². The molecule has 35 nitrogen and oxygen atoms in total. The molecule has 448 valence electrons. The van der Waals surface area contributed by atoms with Gasteiger partial charge in [0.05, 0.1) is 46.2 Å². The molecule has 13 unspecified atom stereocenters. The van der Waals surface area contributed by atoms with E-state index in [0.29, 0.717) is 0 Å². The Morgan fingerprint density at radius 3 is 0.351 bits per heavy atom. The van der Waals surface area contributed by atoms with Gasteiger partial charge in [-0.15, -0.1) is 0 Å². The van der Waals surface area contributed by atoms with Crippen LogP contribution in [0.3, 0.4) is 0 Å². The second-order valence-corrected chi connectivity index (χ2v) is 19.7. The molecule has 0 radical (unpaired) electrons. The predicted octanol–water partition coefficient (Wildman–Crippen LogP) is -15.2. The van der Waals surface area contributed by atoms with Gasteiger partial charge in [0.15, 0.2) is 44.0 Å². The Labute approximate surface area is 434 Å². The predicted molar refractivity (Wildman–Crippen MR) is 228 cm³/mol. The molecule has 21 N–H and O–H groups in total. The number of hydrogen-bond donors (Lipinski definition) is 21. The summed E-state index contributed by atoms with van der Waals surface area (Å²) in [6.07, 6.45) is -70.2. The van der Waals surface area contributed by atoms with E-state index in [-0.39, 0.29) is 0 Å². The molecule has 0 amide bonds. The second-order valence-electron chi connectivity index (χ2n) is 19.7. The van der Waals surface area contributed by atoms with Crippen LogP contribution in [0.5, 0.6) is 0 Å². The van der Waals surface area contributed by atoms with Gasteiger partial charge in [-0.3, -0.25) is 0 Å². The highest BCUT2D eigenvalue weighted by atomic mass is 16.8. The molecule has 21 rings (SSSR count). The van der Waals surface area contributed by atoms with Crippen LogP contribution in [0.15, 0.2) is 0 Å². The van der Waals surface area contributed by atoms with E-state index in [2.05, 4.69) is 0 Å². The molecule has 21 saturated heterocycles. The monoisotopic (exact) mass is 1130 g/mol. The summed E-state index contributed by atoms with van der Waals surface area (Å²) in [4.78, 5) is 0. The molecular weight excluding hydrogens is 1060 g/mol. The first kappa shape index (κ1) is 61.7. The van der Waals surface area contributed by atoms with Crippen molar-refractivity contribution in [2.45, 2.75) is 215 Å². The molecule has 0 saturated carbocycles. The molecule has 21 aliphatic rings. The molecular formula is C42H70O35. The molecule has 77 heavy (non-hydrogen) atoms. The third kappa shape index (κ3) is 12.1. The van der Waals surface area contributed by atoms with Gasteiger partial charge in [-0.1, -0.05) is 0 Å². The Hall–Kier alpha value is -1.40. The van der Waals surface area contributed by atoms with E-state index in [4.69, 9.17) is 66.3 Å². The van der Waals surface area contributed by atoms with Gasteiger partial charge in [0.25, 0.3) is 0 Å². The van der Waals surface area contributed by atoms with Crippen molar-refractivity contribution < 1.29 is 174 Å². The fourth-order valence-electron chi connectivity index (χ4n) is 10.4. The lowest BCUT2D eigenvalue weighted by molar-refractivity contribution is -0.396. The van der Waals surface area contributed by atoms with Gasteiger partial charge in [0.2, 0.25) is 0 Å². The summed E-state index contributed by atoms with van der Waals surface area (Å²) in [6.45, 7) is -7.33. The van der Waals surface area contributed by atoms with Crippen LogP contribution in [0.4, 0.5) is 0 Å². The number of aliphatic hydroxyl groups is 21. The van der Waals surface area contributed by atoms with Gasteiger partial charge in [0.1, 0.15) is 171 Å². The zero-order valence-corrected chi connectivity index (χ0v) is 40.3. The average Bonchev–Trinajstić information content (AvgIpc) is 3.47. The zero-order chi connectivity index (χ0) is 56.1. The van der Waals surface area contributed by atoms with E-state index in [1.807, 2.05) is 0 Å². The highest BCUT2D eigenvalue weighted by molar-refractivity contribution is 5.01. The molecule has 21 fully saturated rings. The van der Waals surface area contributed by atoms with Crippen LogP contribution in [-0.4, -0.2) is 368 Å². The number of rotatable bonds is 7. The highest BCUT2D eigenvalue weighted by Gasteiger charge is 2.59. The zero-order valence-electron chi connectivity index (χ0n) is 40.3. The van der Waals surface area contributed by atoms with Gasteiger partial charge in [-0.25, -0.2) is 0 Å². The first-order chi connectivity index (χ1) is 36.7. The molecule has 0 aromatic rings. The molecule has 21 heterocycles. The largest absolute Gasteiger partial charge is 0.394 e. The topological polar surface area (TPSA) is 554 Å². The van der Waals surface area contributed by atoms with E-state index in [0.717, 1.165) is 0 Å². The smallest absolute Gasteiger partial charge is 0.187 e. The van der Waals surface area contributed by atoms with Crippen molar-refractivity contribution in [1.29, 1.82) is 0 Å². The molecule has 21 aliphatic heterocycles. The minimum atomic E-state index is -2.21. The van der Waals surface area contributed by atoms with Crippen LogP contribution in [0.25, 0.3) is 0 Å². The maximum atomic E-state index is 11.3. The van der Waals surface area contributed by atoms with Crippen molar-refractivity contribution in [3.05, 3.63) is 0 Å². The summed E-state index contributed by atoms with van der Waals surface area (Å²) < 4.78 is 79.5. The SMILES string of the molecule is OC[C@H]1OC2OC3[C@@H](CO)OC(OC4[C@@H](CO)OC(OC5[C@@H](CO)OC(OC6[C@@H](CO)OC(OC7[C@@H](CO)OC(O[C@H]8[C@H](O)[C@H](O)C(OC1[C@H](O)[C@H]2O)O[C@@H]8CO)[C@H](O)[C@H]7O)[C@H](O)[C@H]6O)[C@H](O)[C@H]5O)[C@H](O)[C@H]4O)[C@H](O)[C@H]3O. The minimum absolute atomic E-state index is 1.05. The van der Waals surface area contributed by atoms with Crippen LogP contribution in [-0.2, 0) is 66.3 Å². The van der Waals surface area contributed by atoms with E-state index in [1.54, 1.807) is 0 Å². The van der Waals surface area contributed by atoms with Crippen molar-refractivity contribution in [1.82, 2.24) is 0 Å². The molecule has 35 heteroatoms. The average molecular weight is 1130 g/mol. The van der Waals surface area contributed by atoms with E-state index < -0.39 is 261 Å². The van der Waals surface area contributed by atoms with Gasteiger partial charge < -0.3 is 174 Å². The summed E-state index contributed by atoms with van der Waals surface area (Å²) in [5.74, 6) is 0. The lowest BCUT2D eigenvalue weighted by atomic mass is 9.95. The van der Waals surface area contributed by atoms with Gasteiger partial charge in [-0.05, 0) is 0 Å². The van der Waals surface area contributed by atoms with Crippen molar-refractivity contribution in [3.63, 3.8) is 0 Å². The Balaban J connectivity index is 1.08. The van der Waals surface area contributed by atoms with Crippen LogP contribution in [0.1, 0.15) is 0 Å². The van der Waals surface area contributed by atoms with Crippen LogP contribution >= 0.6 is 0 Å². The maximum absolute atomic E-state index is 11.3. The minimum Gasteiger partial charge on any atom is -0.394 e. The van der Waals surface area contributed by atoms with Gasteiger partial charge >= 0.3 is 0 Å². The molecule has 0 aromatic carbocycles. The van der Waals surface area contributed by atoms with Crippen LogP contribution in [0, 0.1) is 0 Å². The summed E-state index contributed by atoms with van der Waals surface area (Å²) in [5, 5.41) is 230. The van der Waals surface area contributed by atoms with E-state index >= 15 is 0 Å². The molecule has 35 atom stereocenters. The summed E-state index contributed by atoms with van der Waals surface area (Å²) in [7, 11) is 0. The number of hydrogen-bond acceptors (Lipinski definition) is 35. The summed E-state index contributed by atoms with van der Waals surface area (Å²) in [5.41, 5.74) is 0. The number of aliphatic hydroxyl groups excluding tert-OH is 21. The van der Waals surface area contributed by atoms with Gasteiger partial charge in [0, 0.05) is 0 Å². The fourth-order valence-corrected chi connectivity index (χ4v) is 10.4. The van der Waals surface area contributed by atoms with Crippen molar-refractivity contribution in [3.8, 4) is 0 Å². The van der Waals surface area contributed by atoms with E-state index in [1.165, 1.54) is 0 Å². The Morgan fingerprint density at radius 1 is 0.156 bits per heavy atom. The third-order valence-electron chi connectivity index (χ3n) is 14.8. The third-order valence-corrected chi connectivity index (χ3v) is 14.8. The van der Waals surface area contributed by atoms with Crippen molar-refractivity contribution in [2.75, 3.05) is 46.2 Å². The summed E-state index contributed by atoms with van der Waals surface area (Å²) in [6, 6.07) is 0. The Bertz CT molecular complexity index is 1470. The lowest BCUT2D eigenvalue weighted by Gasteiger charge is -2.50. The summed E-state index contributed by atoms with van der Waals surface area (Å²) >= 11 is 0. The first-order valence-electron chi connectivity index (χ1n) is 24.6. The second kappa shape index (κ2) is 26.0. The standard InChI is InChI=1S/C42H70O35/c43-1-8-29-15(50)22(57)36(64-8)72-30-9(2-44)66-38(24(59)17(30)52)74-32-11(4-46)68-40(26(61)19(32)54)76-34-13(6-48)70-42(28(63)21(34)56)77-35-14(7-49)69-41(27(62)20(35)55)75-33-12(5-47)67-39(25(60)18(33)53)73-31-10(3-45)65-37(71-29)23(58)16(31)51/h8-63H,1-7H2/t8-,9-,10-,11-,12-,13-,14-,15-,16-,17-,18-,19-,20-,21-,22-,23-,24-,25-,26-,27-,28+,29?,30?,31?,32?,33?,34-,35?,36?,37?,38?,39?,40?,41?,42?/m1/s1. The normalized spacial score (nSPS) is 55.4. The molecule has 0 spiro atoms.